The minimum Gasteiger partial charge on any atom is -0.355 e. The molecule has 0 amide bonds. The first kappa shape index (κ1) is 23.9. The van der Waals surface area contributed by atoms with Crippen molar-refractivity contribution >= 4 is 28.1 Å². The number of rotatable bonds is 6. The van der Waals surface area contributed by atoms with Crippen LogP contribution in [0, 0.1) is 0 Å². The summed E-state index contributed by atoms with van der Waals surface area (Å²) in [6.45, 7) is 4.46. The molecule has 0 fully saturated rings. The van der Waals surface area contributed by atoms with E-state index in [-0.39, 0.29) is 11.3 Å². The first-order valence-corrected chi connectivity index (χ1v) is 13.3. The van der Waals surface area contributed by atoms with E-state index in [1.165, 1.54) is 5.56 Å². The zero-order chi connectivity index (χ0) is 26.4. The number of carbonyl (C=O) groups is 1. The number of nitrogens with one attached hydrogen (secondary N) is 1. The fourth-order valence-electron chi connectivity index (χ4n) is 5.80. The van der Waals surface area contributed by atoms with Gasteiger partial charge >= 0.3 is 0 Å². The summed E-state index contributed by atoms with van der Waals surface area (Å²) >= 11 is 0. The van der Waals surface area contributed by atoms with Crippen molar-refractivity contribution in [1.29, 1.82) is 0 Å². The van der Waals surface area contributed by atoms with Crippen molar-refractivity contribution < 1.29 is 4.79 Å². The van der Waals surface area contributed by atoms with Crippen molar-refractivity contribution in [3.8, 4) is 22.3 Å². The van der Waals surface area contributed by atoms with Crippen molar-refractivity contribution in [3.05, 3.63) is 118 Å². The normalized spacial score (nSPS) is 12.9. The summed E-state index contributed by atoms with van der Waals surface area (Å²) < 4.78 is 1.67. The van der Waals surface area contributed by atoms with Crippen LogP contribution in [0.25, 0.3) is 33.2 Å². The molecule has 6 rings (SSSR count). The molecule has 0 saturated heterocycles. The highest BCUT2D eigenvalue weighted by Gasteiger charge is 2.32. The molecular formula is C34H30N2O2. The largest absolute Gasteiger partial charge is 0.355 e. The number of hydrogen-bond donors (Lipinski definition) is 1. The Balaban J connectivity index is 1.60. The van der Waals surface area contributed by atoms with E-state index in [0.717, 1.165) is 51.8 Å². The average Bonchev–Trinajstić information content (AvgIpc) is 2.95. The Morgan fingerprint density at radius 1 is 0.763 bits per heavy atom. The molecule has 0 aliphatic heterocycles. The summed E-state index contributed by atoms with van der Waals surface area (Å²) in [7, 11) is 1.78. The van der Waals surface area contributed by atoms with Crippen molar-refractivity contribution in [1.82, 2.24) is 4.57 Å². The maximum absolute atomic E-state index is 14.0. The molecule has 5 aromatic rings. The van der Waals surface area contributed by atoms with Crippen molar-refractivity contribution in [2.75, 3.05) is 5.32 Å². The number of fused-ring (bicyclic) bond motifs is 2. The van der Waals surface area contributed by atoms with Gasteiger partial charge in [-0.05, 0) is 53.3 Å². The van der Waals surface area contributed by atoms with Gasteiger partial charge in [0, 0.05) is 29.2 Å². The minimum atomic E-state index is -0.0775. The molecular weight excluding hydrogens is 468 g/mol. The highest BCUT2D eigenvalue weighted by atomic mass is 16.1. The number of anilines is 2. The lowest BCUT2D eigenvalue weighted by molar-refractivity contribution is 0.104. The van der Waals surface area contributed by atoms with Crippen LogP contribution in [0.4, 0.5) is 11.4 Å². The molecule has 0 spiro atoms. The number of nitrogens with zero attached hydrogens (tertiary/aromatic N) is 1. The summed E-state index contributed by atoms with van der Waals surface area (Å²) in [5, 5.41) is 4.33. The summed E-state index contributed by atoms with van der Waals surface area (Å²) in [6.07, 6.45) is 2.31. The van der Waals surface area contributed by atoms with Crippen LogP contribution in [0.3, 0.4) is 0 Å². The zero-order valence-electron chi connectivity index (χ0n) is 21.9. The van der Waals surface area contributed by atoms with E-state index in [4.69, 9.17) is 0 Å². The molecule has 4 heteroatoms. The van der Waals surface area contributed by atoms with Gasteiger partial charge in [-0.2, -0.15) is 0 Å². The highest BCUT2D eigenvalue weighted by molar-refractivity contribution is 6.29. The molecule has 0 bridgehead atoms. The van der Waals surface area contributed by atoms with Gasteiger partial charge in [0.05, 0.1) is 22.3 Å². The van der Waals surface area contributed by atoms with Crippen LogP contribution in [-0.4, -0.2) is 10.4 Å². The van der Waals surface area contributed by atoms with Crippen LogP contribution in [0.1, 0.15) is 54.1 Å². The third-order valence-corrected chi connectivity index (χ3v) is 7.77. The van der Waals surface area contributed by atoms with E-state index in [1.54, 1.807) is 11.6 Å². The third kappa shape index (κ3) is 3.76. The topological polar surface area (TPSA) is 51.1 Å². The molecule has 4 aromatic carbocycles. The second kappa shape index (κ2) is 9.46. The standard InChI is InChI=1S/C34H30N2O2/c1-4-10-21(2)22-15-17-24(18-16-22)35-27-19-20-28-32-30(25-13-8-9-14-26(25)33(37)31(27)32)29(34(38)36(28)3)23-11-6-5-7-12-23/h5-9,11-21,35H,4,10H2,1-3H3. The van der Waals surface area contributed by atoms with Crippen LogP contribution >= 0.6 is 0 Å². The van der Waals surface area contributed by atoms with E-state index in [2.05, 4.69) is 43.4 Å². The Morgan fingerprint density at radius 3 is 2.16 bits per heavy atom. The molecule has 4 nitrogen and oxygen atoms in total. The Bertz CT molecular complexity index is 1750. The first-order chi connectivity index (χ1) is 18.5. The molecule has 38 heavy (non-hydrogen) atoms. The maximum atomic E-state index is 14.0. The number of hydrogen-bond acceptors (Lipinski definition) is 3. The number of carbonyl (C=O) groups excluding carboxylic acids is 1. The number of benzene rings is 4. The quantitative estimate of drug-likeness (QED) is 0.253. The molecule has 1 N–H and O–H groups in total. The highest BCUT2D eigenvalue weighted by Crippen LogP contribution is 2.45. The van der Waals surface area contributed by atoms with Gasteiger partial charge in [-0.3, -0.25) is 9.59 Å². The summed E-state index contributed by atoms with van der Waals surface area (Å²) in [5.41, 5.74) is 7.96. The van der Waals surface area contributed by atoms with Crippen LogP contribution in [-0.2, 0) is 7.05 Å². The predicted octanol–water partition coefficient (Wildman–Crippen LogP) is 8.06. The Morgan fingerprint density at radius 2 is 1.45 bits per heavy atom. The van der Waals surface area contributed by atoms with E-state index < -0.39 is 0 Å². The molecule has 1 heterocycles. The molecule has 1 aliphatic rings. The second-order valence-corrected chi connectivity index (χ2v) is 10.2. The fraction of sp³-hybridized carbons (Fsp3) is 0.176. The molecule has 0 radical (unpaired) electrons. The Hall–Kier alpha value is -4.44. The summed E-state index contributed by atoms with van der Waals surface area (Å²) in [4.78, 5) is 27.8. The predicted molar refractivity (Wildman–Crippen MR) is 157 cm³/mol. The Kier molecular flexibility index (Phi) is 5.96. The van der Waals surface area contributed by atoms with Gasteiger partial charge in [0.15, 0.2) is 5.78 Å². The van der Waals surface area contributed by atoms with Crippen LogP contribution < -0.4 is 10.9 Å². The molecule has 1 aliphatic carbocycles. The fourth-order valence-corrected chi connectivity index (χ4v) is 5.80. The molecule has 1 atom stereocenters. The lowest BCUT2D eigenvalue weighted by Gasteiger charge is -2.26. The SMILES string of the molecule is CCCC(C)c1ccc(Nc2ccc3c4c2C(=O)c2ccccc2-c4c(-c2ccccc2)c(=O)n3C)cc1. The number of pyridine rings is 1. The van der Waals surface area contributed by atoms with Crippen LogP contribution in [0.2, 0.25) is 0 Å². The van der Waals surface area contributed by atoms with Crippen LogP contribution in [0.15, 0.2) is 95.8 Å². The van der Waals surface area contributed by atoms with Gasteiger partial charge in [0.2, 0.25) is 0 Å². The molecule has 1 unspecified atom stereocenters. The minimum absolute atomic E-state index is 0.0351. The maximum Gasteiger partial charge on any atom is 0.259 e. The van der Waals surface area contributed by atoms with Gasteiger partial charge < -0.3 is 9.88 Å². The van der Waals surface area contributed by atoms with E-state index in [9.17, 15) is 9.59 Å². The average molecular weight is 499 g/mol. The van der Waals surface area contributed by atoms with Crippen molar-refractivity contribution in [2.24, 2.45) is 7.05 Å². The molecule has 0 saturated carbocycles. The molecule has 188 valence electrons. The van der Waals surface area contributed by atoms with Crippen molar-refractivity contribution in [3.63, 3.8) is 0 Å². The van der Waals surface area contributed by atoms with Gasteiger partial charge in [0.25, 0.3) is 5.56 Å². The van der Waals surface area contributed by atoms with Gasteiger partial charge in [-0.1, -0.05) is 87.0 Å². The Labute approximate surface area is 222 Å². The smallest absolute Gasteiger partial charge is 0.259 e. The molecule has 1 aromatic heterocycles. The number of ketones is 1. The third-order valence-electron chi connectivity index (χ3n) is 7.77. The number of aromatic nitrogens is 1. The van der Waals surface area contributed by atoms with Crippen LogP contribution in [0.5, 0.6) is 0 Å². The first-order valence-electron chi connectivity index (χ1n) is 13.3. The summed E-state index contributed by atoms with van der Waals surface area (Å²) in [5.74, 6) is 0.473. The van der Waals surface area contributed by atoms with Gasteiger partial charge in [-0.15, -0.1) is 0 Å². The van der Waals surface area contributed by atoms with Gasteiger partial charge in [-0.25, -0.2) is 0 Å². The van der Waals surface area contributed by atoms with E-state index >= 15 is 0 Å². The monoisotopic (exact) mass is 498 g/mol. The lowest BCUT2D eigenvalue weighted by Crippen LogP contribution is -2.24. The lowest BCUT2D eigenvalue weighted by atomic mass is 9.80. The van der Waals surface area contributed by atoms with Gasteiger partial charge in [0.1, 0.15) is 0 Å². The van der Waals surface area contributed by atoms with Crippen molar-refractivity contribution in [2.45, 2.75) is 32.6 Å². The van der Waals surface area contributed by atoms with E-state index in [1.807, 2.05) is 66.7 Å². The number of aryl methyl sites for hydroxylation is 1. The zero-order valence-corrected chi connectivity index (χ0v) is 21.9. The summed E-state index contributed by atoms with van der Waals surface area (Å²) in [6, 6.07) is 29.7. The second-order valence-electron chi connectivity index (χ2n) is 10.2. The van der Waals surface area contributed by atoms with E-state index in [0.29, 0.717) is 22.6 Å².